The quantitative estimate of drug-likeness (QED) is 0.668. The van der Waals surface area contributed by atoms with E-state index in [0.717, 1.165) is 5.57 Å². The minimum atomic E-state index is -1.51. The molecule has 1 atom stereocenters. The second-order valence-electron chi connectivity index (χ2n) is 3.50. The molecule has 86 valence electrons. The SMILES string of the molecule is CCOC(=O)C1=CN2CC(C)=CN=C2S1=O. The first-order valence-corrected chi connectivity index (χ1v) is 6.09. The largest absolute Gasteiger partial charge is 0.462 e. The summed E-state index contributed by atoms with van der Waals surface area (Å²) >= 11 is 0. The van der Waals surface area contributed by atoms with Crippen LogP contribution in [0.25, 0.3) is 0 Å². The highest BCUT2D eigenvalue weighted by Crippen LogP contribution is 2.23. The maximum Gasteiger partial charge on any atom is 0.349 e. The van der Waals surface area contributed by atoms with Gasteiger partial charge < -0.3 is 9.64 Å². The van der Waals surface area contributed by atoms with Gasteiger partial charge in [-0.1, -0.05) is 0 Å². The zero-order valence-electron chi connectivity index (χ0n) is 9.10. The average Bonchev–Trinajstić information content (AvgIpc) is 2.56. The van der Waals surface area contributed by atoms with Crippen LogP contribution in [0.3, 0.4) is 0 Å². The number of hydrogen-bond donors (Lipinski definition) is 0. The third-order valence-corrected chi connectivity index (χ3v) is 3.52. The van der Waals surface area contributed by atoms with Gasteiger partial charge in [-0.3, -0.25) is 0 Å². The van der Waals surface area contributed by atoms with Gasteiger partial charge in [-0.25, -0.2) is 14.0 Å². The smallest absolute Gasteiger partial charge is 0.349 e. The van der Waals surface area contributed by atoms with Crippen molar-refractivity contribution in [3.8, 4) is 0 Å². The summed E-state index contributed by atoms with van der Waals surface area (Å²) in [6.45, 7) is 4.54. The van der Waals surface area contributed by atoms with Gasteiger partial charge in [0.1, 0.15) is 15.7 Å². The summed E-state index contributed by atoms with van der Waals surface area (Å²) in [7, 11) is -1.51. The maximum absolute atomic E-state index is 11.9. The molecule has 0 aromatic rings. The number of esters is 1. The fourth-order valence-corrected chi connectivity index (χ4v) is 2.60. The molecule has 0 saturated carbocycles. The van der Waals surface area contributed by atoms with E-state index in [0.29, 0.717) is 11.7 Å². The fourth-order valence-electron chi connectivity index (χ4n) is 1.49. The number of rotatable bonds is 2. The molecule has 0 aliphatic carbocycles. The zero-order valence-corrected chi connectivity index (χ0v) is 9.91. The molecule has 16 heavy (non-hydrogen) atoms. The van der Waals surface area contributed by atoms with Crippen LogP contribution in [0, 0.1) is 0 Å². The highest BCUT2D eigenvalue weighted by atomic mass is 32.2. The highest BCUT2D eigenvalue weighted by Gasteiger charge is 2.34. The normalized spacial score (nSPS) is 23.2. The number of carbonyl (C=O) groups excluding carboxylic acids is 1. The summed E-state index contributed by atoms with van der Waals surface area (Å²) < 4.78 is 16.7. The van der Waals surface area contributed by atoms with Crippen LogP contribution in [0.4, 0.5) is 0 Å². The second-order valence-corrected chi connectivity index (χ2v) is 4.84. The van der Waals surface area contributed by atoms with Gasteiger partial charge >= 0.3 is 5.97 Å². The van der Waals surface area contributed by atoms with Gasteiger partial charge in [-0.05, 0) is 19.4 Å². The number of aliphatic imine (C=N–C) groups is 1. The van der Waals surface area contributed by atoms with E-state index in [1.807, 2.05) is 6.92 Å². The van der Waals surface area contributed by atoms with Crippen molar-refractivity contribution < 1.29 is 13.7 Å². The Kier molecular flexibility index (Phi) is 2.91. The molecule has 0 aromatic carbocycles. The van der Waals surface area contributed by atoms with Gasteiger partial charge in [-0.2, -0.15) is 0 Å². The Labute approximate surface area is 95.9 Å². The number of hydrogen-bond acceptors (Lipinski definition) is 5. The van der Waals surface area contributed by atoms with Gasteiger partial charge in [0.25, 0.3) is 0 Å². The van der Waals surface area contributed by atoms with Crippen LogP contribution in [0.2, 0.25) is 0 Å². The topological polar surface area (TPSA) is 59.0 Å². The van der Waals surface area contributed by atoms with Crippen molar-refractivity contribution in [2.24, 2.45) is 4.99 Å². The first-order valence-electron chi connectivity index (χ1n) is 4.94. The summed E-state index contributed by atoms with van der Waals surface area (Å²) in [5.74, 6) is -0.532. The number of amidine groups is 1. The van der Waals surface area contributed by atoms with Crippen molar-refractivity contribution >= 4 is 21.9 Å². The Morgan fingerprint density at radius 3 is 3.12 bits per heavy atom. The molecule has 2 aliphatic heterocycles. The number of carbonyl (C=O) groups is 1. The van der Waals surface area contributed by atoms with E-state index in [9.17, 15) is 9.00 Å². The number of fused-ring (bicyclic) bond motifs is 1. The Balaban J connectivity index is 2.25. The van der Waals surface area contributed by atoms with Crippen LogP contribution < -0.4 is 0 Å². The average molecular weight is 240 g/mol. The predicted molar refractivity (Wildman–Crippen MR) is 60.8 cm³/mol. The van der Waals surface area contributed by atoms with Crippen molar-refractivity contribution in [1.29, 1.82) is 0 Å². The Bertz CT molecular complexity index is 451. The molecule has 0 N–H and O–H groups in total. The Morgan fingerprint density at radius 2 is 2.44 bits per heavy atom. The minimum absolute atomic E-state index is 0.170. The maximum atomic E-state index is 11.9. The van der Waals surface area contributed by atoms with Crippen molar-refractivity contribution in [2.75, 3.05) is 13.2 Å². The van der Waals surface area contributed by atoms with Crippen molar-refractivity contribution in [2.45, 2.75) is 13.8 Å². The molecule has 1 unspecified atom stereocenters. The molecule has 0 bridgehead atoms. The lowest BCUT2D eigenvalue weighted by Gasteiger charge is -2.18. The van der Waals surface area contributed by atoms with Crippen LogP contribution in [0.5, 0.6) is 0 Å². The van der Waals surface area contributed by atoms with E-state index in [-0.39, 0.29) is 11.5 Å². The molecule has 2 rings (SSSR count). The molecule has 2 aliphatic rings. The molecule has 0 spiro atoms. The lowest BCUT2D eigenvalue weighted by Crippen LogP contribution is -2.28. The zero-order chi connectivity index (χ0) is 11.7. The first kappa shape index (κ1) is 11.1. The van der Waals surface area contributed by atoms with Gasteiger partial charge in [-0.15, -0.1) is 0 Å². The Morgan fingerprint density at radius 1 is 1.69 bits per heavy atom. The summed E-state index contributed by atoms with van der Waals surface area (Å²) in [5.41, 5.74) is 1.06. The third kappa shape index (κ3) is 1.80. The summed E-state index contributed by atoms with van der Waals surface area (Å²) in [5, 5.41) is 0.411. The standard InChI is InChI=1S/C10H12N2O3S/c1-3-15-9(13)8-6-12-5-7(2)4-11-10(12)16(8)14/h4,6H,3,5H2,1-2H3. The van der Waals surface area contributed by atoms with Crippen LogP contribution in [0.1, 0.15) is 13.8 Å². The second kappa shape index (κ2) is 4.21. The van der Waals surface area contributed by atoms with Crippen LogP contribution >= 0.6 is 0 Å². The Hall–Kier alpha value is -1.43. The van der Waals surface area contributed by atoms with Crippen molar-refractivity contribution in [3.05, 3.63) is 22.9 Å². The molecule has 2 heterocycles. The third-order valence-electron chi connectivity index (χ3n) is 2.18. The number of ether oxygens (including phenoxy) is 1. The molecular weight excluding hydrogens is 228 g/mol. The minimum Gasteiger partial charge on any atom is -0.462 e. The van der Waals surface area contributed by atoms with E-state index in [4.69, 9.17) is 4.74 Å². The van der Waals surface area contributed by atoms with E-state index >= 15 is 0 Å². The van der Waals surface area contributed by atoms with E-state index in [1.165, 1.54) is 0 Å². The van der Waals surface area contributed by atoms with Gasteiger partial charge in [0, 0.05) is 18.9 Å². The van der Waals surface area contributed by atoms with E-state index in [1.54, 1.807) is 24.2 Å². The van der Waals surface area contributed by atoms with Crippen molar-refractivity contribution in [3.63, 3.8) is 0 Å². The molecule has 0 fully saturated rings. The van der Waals surface area contributed by atoms with Crippen molar-refractivity contribution in [1.82, 2.24) is 4.90 Å². The molecular formula is C10H12N2O3S. The number of nitrogens with zero attached hydrogens (tertiary/aromatic N) is 2. The molecule has 5 nitrogen and oxygen atoms in total. The van der Waals surface area contributed by atoms with E-state index in [2.05, 4.69) is 4.99 Å². The predicted octanol–water partition coefficient (Wildman–Crippen LogP) is 0.729. The summed E-state index contributed by atoms with van der Waals surface area (Å²) in [6, 6.07) is 0. The van der Waals surface area contributed by atoms with Crippen LogP contribution in [0.15, 0.2) is 27.9 Å². The molecule has 6 heteroatoms. The lowest BCUT2D eigenvalue weighted by molar-refractivity contribution is -0.137. The first-order chi connectivity index (χ1) is 7.63. The van der Waals surface area contributed by atoms with Crippen LogP contribution in [-0.4, -0.2) is 33.4 Å². The lowest BCUT2D eigenvalue weighted by atomic mass is 10.3. The molecule has 0 saturated heterocycles. The molecule has 0 aromatic heterocycles. The summed E-state index contributed by atoms with van der Waals surface area (Å²) in [4.78, 5) is 17.5. The highest BCUT2D eigenvalue weighted by molar-refractivity contribution is 8.05. The monoisotopic (exact) mass is 240 g/mol. The fraction of sp³-hybridized carbons (Fsp3) is 0.400. The van der Waals surface area contributed by atoms with E-state index < -0.39 is 16.8 Å². The van der Waals surface area contributed by atoms with Gasteiger partial charge in [0.05, 0.1) is 6.61 Å². The molecule has 0 radical (unpaired) electrons. The van der Waals surface area contributed by atoms with Gasteiger partial charge in [0.2, 0.25) is 5.17 Å². The van der Waals surface area contributed by atoms with Crippen LogP contribution in [-0.2, 0) is 20.3 Å². The molecule has 0 amide bonds. The summed E-state index contributed by atoms with van der Waals surface area (Å²) in [6.07, 6.45) is 3.23. The van der Waals surface area contributed by atoms with Gasteiger partial charge in [0.15, 0.2) is 0 Å².